The van der Waals surface area contributed by atoms with Crippen molar-refractivity contribution in [3.63, 3.8) is 0 Å². The first kappa shape index (κ1) is 25.4. The van der Waals surface area contributed by atoms with Crippen LogP contribution in [0.25, 0.3) is 5.65 Å². The highest BCUT2D eigenvalue weighted by Crippen LogP contribution is 2.31. The zero-order valence-electron chi connectivity index (χ0n) is 20.1. The molecule has 0 amide bonds. The Morgan fingerprint density at radius 1 is 1.03 bits per heavy atom. The lowest BCUT2D eigenvalue weighted by Gasteiger charge is -2.31. The first-order chi connectivity index (χ1) is 17.6. The Labute approximate surface area is 217 Å². The van der Waals surface area contributed by atoms with Crippen LogP contribution in [0.4, 0.5) is 5.82 Å². The Balaban J connectivity index is 1.33. The first-order valence-electron chi connectivity index (χ1n) is 11.7. The molecule has 0 atom stereocenters. The second kappa shape index (κ2) is 9.88. The van der Waals surface area contributed by atoms with Gasteiger partial charge in [0.1, 0.15) is 19.3 Å². The zero-order valence-corrected chi connectivity index (χ0v) is 21.8. The van der Waals surface area contributed by atoms with Gasteiger partial charge in [0.2, 0.25) is 10.0 Å². The van der Waals surface area contributed by atoms with Crippen LogP contribution in [0.1, 0.15) is 30.0 Å². The number of piperidine rings is 1. The lowest BCUT2D eigenvalue weighted by Crippen LogP contribution is -2.38. The van der Waals surface area contributed by atoms with E-state index in [1.165, 1.54) is 28.6 Å². The third-order valence-corrected chi connectivity index (χ3v) is 9.52. The fourth-order valence-electron chi connectivity index (χ4n) is 4.43. The Morgan fingerprint density at radius 3 is 2.38 bits per heavy atom. The topological polar surface area (TPSA) is 127 Å². The second-order valence-corrected chi connectivity index (χ2v) is 13.0. The van der Waals surface area contributed by atoms with Crippen molar-refractivity contribution in [1.29, 1.82) is 0 Å². The van der Waals surface area contributed by atoms with Gasteiger partial charge in [0.15, 0.2) is 9.84 Å². The van der Waals surface area contributed by atoms with E-state index in [0.29, 0.717) is 43.6 Å². The molecule has 0 unspecified atom stereocenters. The third kappa shape index (κ3) is 5.24. The molecule has 3 aromatic heterocycles. The molecule has 4 heterocycles. The molecule has 1 aromatic carbocycles. The van der Waals surface area contributed by atoms with E-state index < -0.39 is 19.9 Å². The van der Waals surface area contributed by atoms with Crippen LogP contribution in [-0.4, -0.2) is 67.9 Å². The number of hydrogen-bond donors (Lipinski definition) is 1. The van der Waals surface area contributed by atoms with Gasteiger partial charge in [-0.3, -0.25) is 4.98 Å². The van der Waals surface area contributed by atoms with Crippen molar-refractivity contribution in [2.45, 2.75) is 35.1 Å². The molecule has 37 heavy (non-hydrogen) atoms. The summed E-state index contributed by atoms with van der Waals surface area (Å²) >= 11 is 0. The summed E-state index contributed by atoms with van der Waals surface area (Å²) < 4.78 is 52.8. The number of anilines is 1. The summed E-state index contributed by atoms with van der Waals surface area (Å²) in [5.41, 5.74) is 2.84. The average Bonchev–Trinajstić information content (AvgIpc) is 3.28. The van der Waals surface area contributed by atoms with Crippen LogP contribution in [0.2, 0.25) is 0 Å². The fourth-order valence-corrected chi connectivity index (χ4v) is 6.53. The van der Waals surface area contributed by atoms with Crippen molar-refractivity contribution >= 4 is 44.6 Å². The predicted octanol–water partition coefficient (Wildman–Crippen LogP) is 1.50. The summed E-state index contributed by atoms with van der Waals surface area (Å²) in [6.07, 6.45) is 7.32. The summed E-state index contributed by atoms with van der Waals surface area (Å²) in [6, 6.07) is 11.1. The van der Waals surface area contributed by atoms with E-state index in [4.69, 9.17) is 12.8 Å². The van der Waals surface area contributed by atoms with Crippen molar-refractivity contribution < 1.29 is 16.8 Å². The number of pyridine rings is 1. The number of sulfone groups is 1. The number of hydrogen-bond acceptors (Lipinski definition) is 8. The molecule has 4 aromatic rings. The van der Waals surface area contributed by atoms with Crippen molar-refractivity contribution in [2.24, 2.45) is 0 Å². The summed E-state index contributed by atoms with van der Waals surface area (Å²) in [6.45, 7) is 1.18. The monoisotopic (exact) mass is 536 g/mol. The minimum atomic E-state index is -3.74. The minimum absolute atomic E-state index is 0.0392. The average molecular weight is 536 g/mol. The zero-order chi connectivity index (χ0) is 26.2. The Hall–Kier alpha value is -3.29. The summed E-state index contributed by atoms with van der Waals surface area (Å²) in [4.78, 5) is 9.05. The van der Waals surface area contributed by atoms with Crippen molar-refractivity contribution in [3.8, 4) is 0 Å². The van der Waals surface area contributed by atoms with Gasteiger partial charge in [-0.25, -0.2) is 21.8 Å². The smallest absolute Gasteiger partial charge is 0.243 e. The second-order valence-electron chi connectivity index (χ2n) is 9.04. The molecule has 13 heteroatoms. The maximum absolute atomic E-state index is 13.2. The fraction of sp³-hybridized carbons (Fsp3) is 0.292. The van der Waals surface area contributed by atoms with Crippen molar-refractivity contribution in [3.05, 3.63) is 72.3 Å². The molecule has 5 rings (SSSR count). The van der Waals surface area contributed by atoms with E-state index in [0.717, 1.165) is 23.3 Å². The molecule has 1 N–H and O–H groups in total. The molecule has 0 aliphatic carbocycles. The number of fused-ring (bicyclic) bond motifs is 1. The van der Waals surface area contributed by atoms with Gasteiger partial charge >= 0.3 is 0 Å². The van der Waals surface area contributed by atoms with Crippen LogP contribution in [0.15, 0.2) is 70.8 Å². The summed E-state index contributed by atoms with van der Waals surface area (Å²) in [5.74, 6) is 0.777. The third-order valence-electron chi connectivity index (χ3n) is 6.48. The highest BCUT2D eigenvalue weighted by atomic mass is 32.2. The Morgan fingerprint density at radius 2 is 1.73 bits per heavy atom. The number of nitrogens with zero attached hydrogens (tertiary/aromatic N) is 5. The molecule has 2 radical (unpaired) electrons. The van der Waals surface area contributed by atoms with Gasteiger partial charge in [0.05, 0.1) is 9.79 Å². The Kier molecular flexibility index (Phi) is 6.77. The lowest BCUT2D eigenvalue weighted by molar-refractivity contribution is 0.317. The molecule has 1 aliphatic rings. The molecule has 190 valence electrons. The highest BCUT2D eigenvalue weighted by molar-refractivity contribution is 7.90. The quantitative estimate of drug-likeness (QED) is 0.352. The van der Waals surface area contributed by atoms with Crippen LogP contribution in [-0.2, 0) is 26.4 Å². The minimum Gasteiger partial charge on any atom is -0.366 e. The molecule has 1 fully saturated rings. The van der Waals surface area contributed by atoms with Crippen LogP contribution in [0.3, 0.4) is 0 Å². The molecular formula is C24H25BN6O4S2. The number of aromatic nitrogens is 4. The van der Waals surface area contributed by atoms with Crippen LogP contribution in [0, 0.1) is 0 Å². The van der Waals surface area contributed by atoms with E-state index in [1.54, 1.807) is 23.1 Å². The number of benzene rings is 1. The Bertz CT molecular complexity index is 1630. The maximum atomic E-state index is 13.2. The number of sulfonamides is 1. The van der Waals surface area contributed by atoms with Crippen LogP contribution >= 0.6 is 0 Å². The van der Waals surface area contributed by atoms with Gasteiger partial charge in [0, 0.05) is 62.2 Å². The van der Waals surface area contributed by atoms with Gasteiger partial charge in [0.25, 0.3) is 0 Å². The SMILES string of the molecule is [B]c1cnn2c(NCc3cccnc3)cc(C3CCN(S(=O)(=O)c4ccc(S(C)(=O)=O)cc4)CC3)nc12. The van der Waals surface area contributed by atoms with Crippen molar-refractivity contribution in [1.82, 2.24) is 23.9 Å². The van der Waals surface area contributed by atoms with E-state index in [2.05, 4.69) is 15.4 Å². The first-order valence-corrected chi connectivity index (χ1v) is 15.0. The van der Waals surface area contributed by atoms with Gasteiger partial charge in [-0.15, -0.1) is 0 Å². The number of nitrogens with one attached hydrogen (secondary N) is 1. The predicted molar refractivity (Wildman–Crippen MR) is 140 cm³/mol. The molecule has 1 aliphatic heterocycles. The molecule has 1 saturated heterocycles. The van der Waals surface area contributed by atoms with E-state index >= 15 is 0 Å². The molecule has 0 saturated carbocycles. The summed E-state index contributed by atoms with van der Waals surface area (Å²) in [7, 11) is -1.03. The molecule has 0 spiro atoms. The standard InChI is InChI=1S/C24H25BN6O4S2/c1-36(32,33)19-4-6-20(7-5-19)37(34,35)30-11-8-18(9-12-30)22-13-23(27-15-17-3-2-10-26-14-17)31-24(29-22)21(25)16-28-31/h2-7,10,13-14,16,18,27H,8-9,11-12,15H2,1H3. The van der Waals surface area contributed by atoms with Crippen LogP contribution < -0.4 is 10.8 Å². The lowest BCUT2D eigenvalue weighted by atomic mass is 9.94. The van der Waals surface area contributed by atoms with E-state index in [9.17, 15) is 16.8 Å². The van der Waals surface area contributed by atoms with Crippen LogP contribution in [0.5, 0.6) is 0 Å². The highest BCUT2D eigenvalue weighted by Gasteiger charge is 2.31. The van der Waals surface area contributed by atoms with Gasteiger partial charge in [-0.1, -0.05) is 6.07 Å². The molecule has 10 nitrogen and oxygen atoms in total. The van der Waals surface area contributed by atoms with Gasteiger partial charge < -0.3 is 5.32 Å². The summed E-state index contributed by atoms with van der Waals surface area (Å²) in [5, 5.41) is 7.72. The van der Waals surface area contributed by atoms with Gasteiger partial charge in [-0.2, -0.15) is 13.9 Å². The van der Waals surface area contributed by atoms with E-state index in [1.807, 2.05) is 18.2 Å². The molecular weight excluding hydrogens is 511 g/mol. The maximum Gasteiger partial charge on any atom is 0.243 e. The molecule has 0 bridgehead atoms. The normalized spacial score (nSPS) is 15.7. The van der Waals surface area contributed by atoms with Gasteiger partial charge in [-0.05, 0) is 54.2 Å². The number of rotatable bonds is 7. The van der Waals surface area contributed by atoms with E-state index in [-0.39, 0.29) is 15.7 Å². The largest absolute Gasteiger partial charge is 0.366 e. The van der Waals surface area contributed by atoms with Crippen molar-refractivity contribution in [2.75, 3.05) is 24.7 Å².